The first-order valence-electron chi connectivity index (χ1n) is 8.44. The molecule has 0 spiro atoms. The van der Waals surface area contributed by atoms with Crippen LogP contribution >= 0.6 is 11.8 Å². The molecule has 0 aliphatic carbocycles. The molecule has 0 saturated heterocycles. The first-order chi connectivity index (χ1) is 13.4. The quantitative estimate of drug-likeness (QED) is 0.540. The van der Waals surface area contributed by atoms with Crippen LogP contribution in [0.25, 0.3) is 0 Å². The minimum Gasteiger partial charge on any atom is -0.495 e. The summed E-state index contributed by atoms with van der Waals surface area (Å²) in [5, 5.41) is 2.64. The van der Waals surface area contributed by atoms with Crippen molar-refractivity contribution in [1.29, 1.82) is 0 Å². The molecule has 0 fully saturated rings. The van der Waals surface area contributed by atoms with Crippen molar-refractivity contribution in [3.8, 4) is 5.75 Å². The van der Waals surface area contributed by atoms with Crippen molar-refractivity contribution in [3.63, 3.8) is 0 Å². The molecule has 2 rings (SSSR count). The van der Waals surface area contributed by atoms with Gasteiger partial charge in [0.1, 0.15) is 5.75 Å². The van der Waals surface area contributed by atoms with Crippen LogP contribution in [-0.2, 0) is 14.3 Å². The number of thioether (sulfide) groups is 1. The van der Waals surface area contributed by atoms with Crippen LogP contribution in [0.15, 0.2) is 53.4 Å². The van der Waals surface area contributed by atoms with E-state index in [1.165, 1.54) is 23.8 Å². The van der Waals surface area contributed by atoms with Gasteiger partial charge in [-0.15, -0.1) is 11.8 Å². The summed E-state index contributed by atoms with van der Waals surface area (Å²) in [6, 6.07) is 13.7. The number of amides is 2. The van der Waals surface area contributed by atoms with Crippen molar-refractivity contribution in [2.75, 3.05) is 38.9 Å². The molecule has 0 heterocycles. The van der Waals surface area contributed by atoms with E-state index in [2.05, 4.69) is 5.32 Å². The normalized spacial score (nSPS) is 10.1. The van der Waals surface area contributed by atoms with Crippen LogP contribution in [-0.4, -0.2) is 56.2 Å². The van der Waals surface area contributed by atoms with Crippen LogP contribution in [0.5, 0.6) is 5.75 Å². The molecule has 0 aliphatic heterocycles. The Bertz CT molecular complexity index is 854. The van der Waals surface area contributed by atoms with Crippen molar-refractivity contribution < 1.29 is 23.9 Å². The lowest BCUT2D eigenvalue weighted by molar-refractivity contribution is -0.125. The smallest absolute Gasteiger partial charge is 0.339 e. The van der Waals surface area contributed by atoms with Gasteiger partial charge in [-0.1, -0.05) is 24.3 Å². The van der Waals surface area contributed by atoms with Crippen molar-refractivity contribution in [1.82, 2.24) is 4.90 Å². The van der Waals surface area contributed by atoms with Crippen molar-refractivity contribution in [3.05, 3.63) is 54.1 Å². The van der Waals surface area contributed by atoms with Crippen molar-refractivity contribution in [2.45, 2.75) is 4.90 Å². The highest BCUT2D eigenvalue weighted by Crippen LogP contribution is 2.24. The van der Waals surface area contributed by atoms with Gasteiger partial charge in [0.15, 0.2) is 6.61 Å². The number of methoxy groups -OCH3 is 1. The zero-order valence-corrected chi connectivity index (χ0v) is 16.7. The van der Waals surface area contributed by atoms with Gasteiger partial charge in [0.05, 0.1) is 24.1 Å². The van der Waals surface area contributed by atoms with E-state index >= 15 is 0 Å². The topological polar surface area (TPSA) is 84.9 Å². The first-order valence-corrected chi connectivity index (χ1v) is 9.43. The summed E-state index contributed by atoms with van der Waals surface area (Å²) in [5.41, 5.74) is 0.799. The maximum atomic E-state index is 12.4. The molecule has 1 N–H and O–H groups in total. The Balaban J connectivity index is 1.96. The Morgan fingerprint density at radius 3 is 2.43 bits per heavy atom. The van der Waals surface area contributed by atoms with Crippen molar-refractivity contribution >= 4 is 35.2 Å². The third kappa shape index (κ3) is 6.02. The van der Waals surface area contributed by atoms with Gasteiger partial charge < -0.3 is 19.7 Å². The number of rotatable bonds is 8. The van der Waals surface area contributed by atoms with Gasteiger partial charge in [0.25, 0.3) is 5.91 Å². The molecule has 148 valence electrons. The zero-order valence-electron chi connectivity index (χ0n) is 15.9. The molecule has 8 heteroatoms. The number of anilines is 1. The number of ether oxygens (including phenoxy) is 2. The molecule has 0 bridgehead atoms. The minimum atomic E-state index is -0.629. The van der Waals surface area contributed by atoms with Crippen molar-refractivity contribution in [2.24, 2.45) is 0 Å². The number of nitrogens with one attached hydrogen (secondary N) is 1. The van der Waals surface area contributed by atoms with E-state index in [0.717, 1.165) is 0 Å². The largest absolute Gasteiger partial charge is 0.495 e. The summed E-state index contributed by atoms with van der Waals surface area (Å²) in [5.74, 6) is -0.467. The highest BCUT2D eigenvalue weighted by atomic mass is 32.2. The standard InChI is InChI=1S/C20H22N2O5S/c1-22(2)19(24)13-28-17-11-7-4-8-14(17)20(25)27-12-18(23)21-15-9-5-6-10-16(15)26-3/h4-11H,12-13H2,1-3H3,(H,21,23). The highest BCUT2D eigenvalue weighted by Gasteiger charge is 2.16. The number of carbonyl (C=O) groups excluding carboxylic acids is 3. The second-order valence-electron chi connectivity index (χ2n) is 5.90. The number of benzene rings is 2. The maximum absolute atomic E-state index is 12.4. The minimum absolute atomic E-state index is 0.0654. The Hall–Kier alpha value is -3.00. The number of carbonyl (C=O) groups is 3. The number of nitrogens with zero attached hydrogens (tertiary/aromatic N) is 1. The fraction of sp³-hybridized carbons (Fsp3) is 0.250. The fourth-order valence-corrected chi connectivity index (χ4v) is 3.19. The Kier molecular flexibility index (Phi) is 7.88. The molecular weight excluding hydrogens is 380 g/mol. The van der Waals surface area contributed by atoms with Crippen LogP contribution in [0, 0.1) is 0 Å². The van der Waals surface area contributed by atoms with E-state index in [4.69, 9.17) is 9.47 Å². The number of hydrogen-bond donors (Lipinski definition) is 1. The van der Waals surface area contributed by atoms with E-state index in [9.17, 15) is 14.4 Å². The maximum Gasteiger partial charge on any atom is 0.339 e. The summed E-state index contributed by atoms with van der Waals surface area (Å²) in [6.07, 6.45) is 0. The second-order valence-corrected chi connectivity index (χ2v) is 6.91. The third-order valence-electron chi connectivity index (χ3n) is 3.67. The molecule has 2 aromatic carbocycles. The van der Waals surface area contributed by atoms with Gasteiger partial charge in [0.2, 0.25) is 5.91 Å². The average Bonchev–Trinajstić information content (AvgIpc) is 2.70. The van der Waals surface area contributed by atoms with Crippen LogP contribution in [0.3, 0.4) is 0 Å². The van der Waals surface area contributed by atoms with Crippen LogP contribution in [0.1, 0.15) is 10.4 Å². The predicted molar refractivity (Wildman–Crippen MR) is 108 cm³/mol. The molecular formula is C20H22N2O5S. The van der Waals surface area contributed by atoms with E-state index < -0.39 is 18.5 Å². The number of para-hydroxylation sites is 2. The molecule has 0 unspecified atom stereocenters. The monoisotopic (exact) mass is 402 g/mol. The van der Waals surface area contributed by atoms with Gasteiger partial charge in [0, 0.05) is 19.0 Å². The van der Waals surface area contributed by atoms with Crippen LogP contribution in [0.4, 0.5) is 5.69 Å². The lowest BCUT2D eigenvalue weighted by atomic mass is 10.2. The molecule has 0 atom stereocenters. The molecule has 2 amide bonds. The molecule has 0 radical (unpaired) electrons. The van der Waals surface area contributed by atoms with Gasteiger partial charge >= 0.3 is 5.97 Å². The second kappa shape index (κ2) is 10.4. The van der Waals surface area contributed by atoms with Gasteiger partial charge in [-0.05, 0) is 24.3 Å². The Labute approximate surface area is 168 Å². The number of hydrogen-bond acceptors (Lipinski definition) is 6. The molecule has 0 saturated carbocycles. The first kappa shape index (κ1) is 21.3. The Morgan fingerprint density at radius 1 is 1.04 bits per heavy atom. The average molecular weight is 402 g/mol. The SMILES string of the molecule is COc1ccccc1NC(=O)COC(=O)c1ccccc1SCC(=O)N(C)C. The summed E-state index contributed by atoms with van der Waals surface area (Å²) < 4.78 is 10.3. The third-order valence-corrected chi connectivity index (χ3v) is 4.73. The lowest BCUT2D eigenvalue weighted by Crippen LogP contribution is -2.23. The van der Waals surface area contributed by atoms with E-state index in [1.807, 2.05) is 0 Å². The molecule has 2 aromatic rings. The lowest BCUT2D eigenvalue weighted by Gasteiger charge is -2.12. The fourth-order valence-electron chi connectivity index (χ4n) is 2.17. The molecule has 7 nitrogen and oxygen atoms in total. The van der Waals surface area contributed by atoms with Crippen LogP contribution < -0.4 is 10.1 Å². The van der Waals surface area contributed by atoms with E-state index in [-0.39, 0.29) is 11.7 Å². The van der Waals surface area contributed by atoms with E-state index in [0.29, 0.717) is 21.9 Å². The summed E-state index contributed by atoms with van der Waals surface area (Å²) in [4.78, 5) is 38.3. The van der Waals surface area contributed by atoms with Gasteiger partial charge in [-0.25, -0.2) is 4.79 Å². The molecule has 0 aromatic heterocycles. The number of esters is 1. The van der Waals surface area contributed by atoms with Gasteiger partial charge in [-0.3, -0.25) is 9.59 Å². The highest BCUT2D eigenvalue weighted by molar-refractivity contribution is 8.00. The molecule has 28 heavy (non-hydrogen) atoms. The Morgan fingerprint density at radius 2 is 1.71 bits per heavy atom. The van der Waals surface area contributed by atoms with Crippen LogP contribution in [0.2, 0.25) is 0 Å². The summed E-state index contributed by atoms with van der Waals surface area (Å²) in [6.45, 7) is -0.438. The zero-order chi connectivity index (χ0) is 20.5. The predicted octanol–water partition coefficient (Wildman–Crippen LogP) is 2.67. The summed E-state index contributed by atoms with van der Waals surface area (Å²) in [7, 11) is 4.84. The van der Waals surface area contributed by atoms with Gasteiger partial charge in [-0.2, -0.15) is 0 Å². The molecule has 0 aliphatic rings. The van der Waals surface area contributed by atoms with E-state index in [1.54, 1.807) is 62.6 Å². The summed E-state index contributed by atoms with van der Waals surface area (Å²) >= 11 is 1.24.